The molecule has 0 radical (unpaired) electrons. The molecule has 3 rings (SSSR count). The van der Waals surface area contributed by atoms with Crippen LogP contribution in [0.3, 0.4) is 0 Å². The molecule has 1 aliphatic heterocycles. The monoisotopic (exact) mass is 341 g/mol. The molecule has 2 amide bonds. The molecule has 7 heteroatoms. The van der Waals surface area contributed by atoms with Crippen LogP contribution >= 0.6 is 0 Å². The van der Waals surface area contributed by atoms with Crippen molar-refractivity contribution in [2.24, 2.45) is 0 Å². The lowest BCUT2D eigenvalue weighted by atomic mass is 10.1. The molecular weight excluding hydrogens is 318 g/mol. The van der Waals surface area contributed by atoms with E-state index in [-0.39, 0.29) is 12.1 Å². The Morgan fingerprint density at radius 3 is 2.72 bits per heavy atom. The molecule has 2 N–H and O–H groups in total. The van der Waals surface area contributed by atoms with Gasteiger partial charge in [0.05, 0.1) is 7.11 Å². The third-order valence-corrected chi connectivity index (χ3v) is 4.27. The van der Waals surface area contributed by atoms with Crippen LogP contribution in [0.25, 0.3) is 0 Å². The number of methoxy groups -OCH3 is 1. The van der Waals surface area contributed by atoms with Crippen molar-refractivity contribution in [1.82, 2.24) is 20.2 Å². The third kappa shape index (κ3) is 4.82. The lowest BCUT2D eigenvalue weighted by molar-refractivity contribution is 0.183. The predicted octanol–water partition coefficient (Wildman–Crippen LogP) is 2.27. The molecule has 0 atom stereocenters. The first-order chi connectivity index (χ1) is 12.2. The van der Waals surface area contributed by atoms with Crippen LogP contribution in [0.4, 0.5) is 10.6 Å². The van der Waals surface area contributed by atoms with Crippen molar-refractivity contribution in [1.29, 1.82) is 0 Å². The SMILES string of the molecule is COc1cc(NC2CCN(C(=O)NCc3ccccc3)CC2)ncn1. The number of urea groups is 1. The maximum Gasteiger partial charge on any atom is 0.317 e. The molecule has 1 saturated heterocycles. The number of likely N-dealkylation sites (tertiary alicyclic amines) is 1. The summed E-state index contributed by atoms with van der Waals surface area (Å²) in [5, 5.41) is 6.36. The van der Waals surface area contributed by atoms with E-state index in [4.69, 9.17) is 4.74 Å². The number of hydrogen-bond donors (Lipinski definition) is 2. The van der Waals surface area contributed by atoms with Gasteiger partial charge in [0, 0.05) is 31.7 Å². The van der Waals surface area contributed by atoms with Gasteiger partial charge in [-0.25, -0.2) is 14.8 Å². The largest absolute Gasteiger partial charge is 0.481 e. The number of piperidine rings is 1. The van der Waals surface area contributed by atoms with Gasteiger partial charge in [0.25, 0.3) is 0 Å². The number of carbonyl (C=O) groups excluding carboxylic acids is 1. The number of nitrogens with one attached hydrogen (secondary N) is 2. The smallest absolute Gasteiger partial charge is 0.317 e. The van der Waals surface area contributed by atoms with Gasteiger partial charge in [-0.2, -0.15) is 0 Å². The number of rotatable bonds is 5. The minimum absolute atomic E-state index is 0.00833. The maximum absolute atomic E-state index is 12.3. The highest BCUT2D eigenvalue weighted by molar-refractivity contribution is 5.74. The fraction of sp³-hybridized carbons (Fsp3) is 0.389. The standard InChI is InChI=1S/C18H23N5O2/c1-25-17-11-16(20-13-21-17)22-15-7-9-23(10-8-15)18(24)19-12-14-5-3-2-4-6-14/h2-6,11,13,15H,7-10,12H2,1H3,(H,19,24)(H,20,21,22). The molecule has 7 nitrogen and oxygen atoms in total. The zero-order chi connectivity index (χ0) is 17.5. The molecule has 1 aliphatic rings. The number of nitrogens with zero attached hydrogens (tertiary/aromatic N) is 3. The number of hydrogen-bond acceptors (Lipinski definition) is 5. The van der Waals surface area contributed by atoms with E-state index >= 15 is 0 Å². The van der Waals surface area contributed by atoms with Gasteiger partial charge in [0.1, 0.15) is 12.1 Å². The Morgan fingerprint density at radius 2 is 2.00 bits per heavy atom. The highest BCUT2D eigenvalue weighted by atomic mass is 16.5. The van der Waals surface area contributed by atoms with E-state index in [1.165, 1.54) is 6.33 Å². The van der Waals surface area contributed by atoms with Gasteiger partial charge in [-0.3, -0.25) is 0 Å². The summed E-state index contributed by atoms with van der Waals surface area (Å²) in [4.78, 5) is 22.3. The second-order valence-corrected chi connectivity index (χ2v) is 6.00. The molecule has 1 aromatic carbocycles. The van der Waals surface area contributed by atoms with Crippen molar-refractivity contribution < 1.29 is 9.53 Å². The summed E-state index contributed by atoms with van der Waals surface area (Å²) in [6.45, 7) is 2.00. The summed E-state index contributed by atoms with van der Waals surface area (Å²) in [5.74, 6) is 1.29. The molecule has 1 fully saturated rings. The van der Waals surface area contributed by atoms with Crippen molar-refractivity contribution in [2.75, 3.05) is 25.5 Å². The minimum atomic E-state index is -0.00833. The molecule has 2 aromatic rings. The lowest BCUT2D eigenvalue weighted by Gasteiger charge is -2.32. The van der Waals surface area contributed by atoms with E-state index in [1.54, 1.807) is 13.2 Å². The average Bonchev–Trinajstić information content (AvgIpc) is 2.67. The zero-order valence-corrected chi connectivity index (χ0v) is 14.3. The van der Waals surface area contributed by atoms with Crippen molar-refractivity contribution in [3.63, 3.8) is 0 Å². The zero-order valence-electron chi connectivity index (χ0n) is 14.3. The van der Waals surface area contributed by atoms with Gasteiger partial charge in [-0.1, -0.05) is 30.3 Å². The van der Waals surface area contributed by atoms with Crippen molar-refractivity contribution in [3.8, 4) is 5.88 Å². The van der Waals surface area contributed by atoms with Gasteiger partial charge in [0.2, 0.25) is 5.88 Å². The molecule has 0 bridgehead atoms. The second-order valence-electron chi connectivity index (χ2n) is 6.00. The summed E-state index contributed by atoms with van der Waals surface area (Å²) in [6, 6.07) is 12.0. The van der Waals surface area contributed by atoms with Gasteiger partial charge in [-0.05, 0) is 18.4 Å². The Bertz CT molecular complexity index is 687. The Morgan fingerprint density at radius 1 is 1.24 bits per heavy atom. The molecule has 1 aromatic heterocycles. The van der Waals surface area contributed by atoms with Crippen LogP contribution < -0.4 is 15.4 Å². The highest BCUT2D eigenvalue weighted by Gasteiger charge is 2.22. The number of aromatic nitrogens is 2. The topological polar surface area (TPSA) is 79.4 Å². The van der Waals surface area contributed by atoms with Crippen LogP contribution in [-0.2, 0) is 6.54 Å². The van der Waals surface area contributed by atoms with Crippen molar-refractivity contribution >= 4 is 11.8 Å². The quantitative estimate of drug-likeness (QED) is 0.872. The molecule has 25 heavy (non-hydrogen) atoms. The molecule has 132 valence electrons. The Balaban J connectivity index is 1.44. The molecular formula is C18H23N5O2. The Kier molecular flexibility index (Phi) is 5.66. The van der Waals surface area contributed by atoms with Crippen LogP contribution in [0.15, 0.2) is 42.7 Å². The van der Waals surface area contributed by atoms with Crippen LogP contribution in [0, 0.1) is 0 Å². The highest BCUT2D eigenvalue weighted by Crippen LogP contribution is 2.17. The van der Waals surface area contributed by atoms with E-state index in [0.29, 0.717) is 12.4 Å². The van der Waals surface area contributed by atoms with E-state index in [2.05, 4.69) is 20.6 Å². The maximum atomic E-state index is 12.3. The summed E-state index contributed by atoms with van der Waals surface area (Å²) < 4.78 is 5.10. The van der Waals surface area contributed by atoms with Gasteiger partial charge < -0.3 is 20.3 Å². The summed E-state index contributed by atoms with van der Waals surface area (Å²) >= 11 is 0. The third-order valence-electron chi connectivity index (χ3n) is 4.27. The van der Waals surface area contributed by atoms with E-state index in [9.17, 15) is 4.79 Å². The predicted molar refractivity (Wildman–Crippen MR) is 95.5 cm³/mol. The van der Waals surface area contributed by atoms with Gasteiger partial charge in [-0.15, -0.1) is 0 Å². The van der Waals surface area contributed by atoms with E-state index in [0.717, 1.165) is 37.3 Å². The summed E-state index contributed by atoms with van der Waals surface area (Å²) in [7, 11) is 1.58. The Hall–Kier alpha value is -2.83. The summed E-state index contributed by atoms with van der Waals surface area (Å²) in [6.07, 6.45) is 3.24. The summed E-state index contributed by atoms with van der Waals surface area (Å²) in [5.41, 5.74) is 1.10. The van der Waals surface area contributed by atoms with E-state index in [1.807, 2.05) is 35.2 Å². The fourth-order valence-corrected chi connectivity index (χ4v) is 2.85. The second kappa shape index (κ2) is 8.32. The molecule has 0 unspecified atom stereocenters. The lowest BCUT2D eigenvalue weighted by Crippen LogP contribution is -2.46. The van der Waals surface area contributed by atoms with Crippen molar-refractivity contribution in [2.45, 2.75) is 25.4 Å². The fourth-order valence-electron chi connectivity index (χ4n) is 2.85. The molecule has 2 heterocycles. The van der Waals surface area contributed by atoms with Crippen LogP contribution in [0.2, 0.25) is 0 Å². The van der Waals surface area contributed by atoms with E-state index < -0.39 is 0 Å². The molecule has 0 aliphatic carbocycles. The number of amides is 2. The van der Waals surface area contributed by atoms with Crippen LogP contribution in [-0.4, -0.2) is 47.1 Å². The Labute approximate surface area is 147 Å². The molecule has 0 spiro atoms. The normalized spacial score (nSPS) is 14.8. The molecule has 0 saturated carbocycles. The minimum Gasteiger partial charge on any atom is -0.481 e. The number of anilines is 1. The van der Waals surface area contributed by atoms with Crippen LogP contribution in [0.5, 0.6) is 5.88 Å². The number of ether oxygens (including phenoxy) is 1. The number of benzene rings is 1. The first-order valence-electron chi connectivity index (χ1n) is 8.44. The van der Waals surface area contributed by atoms with Crippen LogP contribution in [0.1, 0.15) is 18.4 Å². The van der Waals surface area contributed by atoms with Gasteiger partial charge >= 0.3 is 6.03 Å². The average molecular weight is 341 g/mol. The van der Waals surface area contributed by atoms with Crippen molar-refractivity contribution in [3.05, 3.63) is 48.3 Å². The van der Waals surface area contributed by atoms with Gasteiger partial charge in [0.15, 0.2) is 0 Å². The number of carbonyl (C=O) groups is 1. The first kappa shape index (κ1) is 17.0. The first-order valence-corrected chi connectivity index (χ1v) is 8.44.